The van der Waals surface area contributed by atoms with E-state index in [9.17, 15) is 8.42 Å². The highest BCUT2D eigenvalue weighted by Crippen LogP contribution is 2.29. The molecule has 0 amide bonds. The molecule has 0 spiro atoms. The molecule has 2 heterocycles. The van der Waals surface area contributed by atoms with Crippen LogP contribution < -0.4 is 4.72 Å². The number of nitrogens with one attached hydrogen (secondary N) is 1. The largest absolute Gasteiger partial charge is 0.275 e. The molecule has 0 aliphatic carbocycles. The lowest BCUT2D eigenvalue weighted by molar-refractivity contribution is 0.581. The van der Waals surface area contributed by atoms with E-state index in [2.05, 4.69) is 14.8 Å². The van der Waals surface area contributed by atoms with Gasteiger partial charge in [-0.15, -0.1) is 0 Å². The topological polar surface area (TPSA) is 76.9 Å². The van der Waals surface area contributed by atoms with Crippen molar-refractivity contribution in [3.8, 4) is 11.3 Å². The Morgan fingerprint density at radius 2 is 1.92 bits per heavy atom. The van der Waals surface area contributed by atoms with Crippen molar-refractivity contribution >= 4 is 33.2 Å². The average molecular weight is 397 g/mol. The lowest BCUT2D eigenvalue weighted by Gasteiger charge is -2.10. The van der Waals surface area contributed by atoms with Crippen LogP contribution in [0.4, 0.5) is 0 Å². The van der Waals surface area contributed by atoms with Gasteiger partial charge in [0.05, 0.1) is 21.9 Å². The number of pyridine rings is 1. The molecule has 0 bridgehead atoms. The van der Waals surface area contributed by atoms with Crippen molar-refractivity contribution in [2.24, 2.45) is 7.05 Å². The number of aryl methyl sites for hydroxylation is 1. The Hall–Kier alpha value is -1.93. The predicted molar refractivity (Wildman–Crippen MR) is 96.9 cm³/mol. The van der Waals surface area contributed by atoms with Crippen LogP contribution in [0, 0.1) is 0 Å². The van der Waals surface area contributed by atoms with Crippen LogP contribution in [0.25, 0.3) is 11.3 Å². The van der Waals surface area contributed by atoms with Crippen LogP contribution in [0.1, 0.15) is 5.56 Å². The molecule has 0 fully saturated rings. The van der Waals surface area contributed by atoms with Crippen molar-refractivity contribution in [3.63, 3.8) is 0 Å². The van der Waals surface area contributed by atoms with Crippen molar-refractivity contribution in [1.82, 2.24) is 19.5 Å². The zero-order valence-corrected chi connectivity index (χ0v) is 15.5. The number of hydrogen-bond donors (Lipinski definition) is 1. The summed E-state index contributed by atoms with van der Waals surface area (Å²) in [6.45, 7) is 0.0830. The first-order chi connectivity index (χ1) is 11.9. The third-order valence-electron chi connectivity index (χ3n) is 3.48. The molecule has 0 aliphatic rings. The van der Waals surface area contributed by atoms with Gasteiger partial charge in [0, 0.05) is 31.5 Å². The fourth-order valence-corrected chi connectivity index (χ4v) is 4.44. The van der Waals surface area contributed by atoms with Crippen LogP contribution in [0.2, 0.25) is 10.0 Å². The Kier molecular flexibility index (Phi) is 5.10. The third kappa shape index (κ3) is 4.01. The Morgan fingerprint density at radius 1 is 1.20 bits per heavy atom. The zero-order valence-electron chi connectivity index (χ0n) is 13.1. The maximum atomic E-state index is 12.5. The van der Waals surface area contributed by atoms with Crippen LogP contribution in [-0.4, -0.2) is 23.2 Å². The summed E-state index contributed by atoms with van der Waals surface area (Å²) in [6, 6.07) is 8.08. The number of hydrogen-bond acceptors (Lipinski definition) is 4. The molecule has 2 aromatic heterocycles. The van der Waals surface area contributed by atoms with Crippen molar-refractivity contribution < 1.29 is 8.42 Å². The summed E-state index contributed by atoms with van der Waals surface area (Å²) in [5, 5.41) is 4.25. The van der Waals surface area contributed by atoms with Gasteiger partial charge in [0.2, 0.25) is 10.0 Å². The Labute approximate surface area is 155 Å². The van der Waals surface area contributed by atoms with E-state index in [4.69, 9.17) is 23.2 Å². The molecule has 25 heavy (non-hydrogen) atoms. The first-order valence-electron chi connectivity index (χ1n) is 7.24. The number of halogens is 2. The average Bonchev–Trinajstić information content (AvgIpc) is 3.00. The summed E-state index contributed by atoms with van der Waals surface area (Å²) in [5.74, 6) is 0. The van der Waals surface area contributed by atoms with E-state index < -0.39 is 10.0 Å². The molecule has 0 aliphatic heterocycles. The second-order valence-electron chi connectivity index (χ2n) is 5.33. The summed E-state index contributed by atoms with van der Waals surface area (Å²) in [7, 11) is -2.03. The number of benzene rings is 1. The summed E-state index contributed by atoms with van der Waals surface area (Å²) >= 11 is 12.0. The molecule has 130 valence electrons. The fourth-order valence-electron chi connectivity index (χ4n) is 2.29. The van der Waals surface area contributed by atoms with Gasteiger partial charge in [-0.05, 0) is 29.8 Å². The standard InChI is InChI=1S/C16H14Cl2N4O2S/c1-22-10-12(9-20-22)15-7-11(5-6-19-15)8-21-25(23,24)16-13(17)3-2-4-14(16)18/h2-7,9-10,21H,8H2,1H3. The Balaban J connectivity index is 1.82. The first-order valence-corrected chi connectivity index (χ1v) is 9.48. The first kappa shape index (κ1) is 17.9. The maximum absolute atomic E-state index is 12.5. The van der Waals surface area contributed by atoms with E-state index in [1.165, 1.54) is 12.1 Å². The molecular weight excluding hydrogens is 383 g/mol. The van der Waals surface area contributed by atoms with E-state index in [1.54, 1.807) is 35.3 Å². The van der Waals surface area contributed by atoms with Gasteiger partial charge in [-0.1, -0.05) is 29.3 Å². The van der Waals surface area contributed by atoms with Crippen LogP contribution in [0.15, 0.2) is 53.8 Å². The molecule has 0 radical (unpaired) electrons. The predicted octanol–water partition coefficient (Wildman–Crippen LogP) is 3.27. The molecule has 3 aromatic rings. The van der Waals surface area contributed by atoms with Gasteiger partial charge < -0.3 is 0 Å². The molecule has 0 atom stereocenters. The van der Waals surface area contributed by atoms with Crippen molar-refractivity contribution in [2.45, 2.75) is 11.4 Å². The lowest BCUT2D eigenvalue weighted by atomic mass is 10.2. The third-order valence-corrected chi connectivity index (χ3v) is 5.83. The van der Waals surface area contributed by atoms with Gasteiger partial charge in [0.15, 0.2) is 0 Å². The Bertz CT molecular complexity index is 998. The van der Waals surface area contributed by atoms with Crippen LogP contribution in [0.5, 0.6) is 0 Å². The Morgan fingerprint density at radius 3 is 2.56 bits per heavy atom. The summed E-state index contributed by atoms with van der Waals surface area (Å²) in [5.41, 5.74) is 2.31. The summed E-state index contributed by atoms with van der Waals surface area (Å²) in [6.07, 6.45) is 5.15. The second kappa shape index (κ2) is 7.13. The minimum Gasteiger partial charge on any atom is -0.275 e. The van der Waals surface area contributed by atoms with E-state index in [1.807, 2.05) is 13.2 Å². The molecule has 3 rings (SSSR count). The van der Waals surface area contributed by atoms with Gasteiger partial charge in [-0.2, -0.15) is 5.10 Å². The lowest BCUT2D eigenvalue weighted by Crippen LogP contribution is -2.24. The molecule has 1 N–H and O–H groups in total. The van der Waals surface area contributed by atoms with Crippen molar-refractivity contribution in [1.29, 1.82) is 0 Å². The van der Waals surface area contributed by atoms with Crippen LogP contribution >= 0.6 is 23.2 Å². The molecule has 6 nitrogen and oxygen atoms in total. The van der Waals surface area contributed by atoms with Crippen molar-refractivity contribution in [2.75, 3.05) is 0 Å². The van der Waals surface area contributed by atoms with E-state index in [0.29, 0.717) is 5.69 Å². The van der Waals surface area contributed by atoms with Gasteiger partial charge >= 0.3 is 0 Å². The molecule has 0 saturated heterocycles. The molecule has 9 heteroatoms. The molecular formula is C16H14Cl2N4O2S. The minimum absolute atomic E-state index is 0.0748. The number of rotatable bonds is 5. The smallest absolute Gasteiger partial charge is 0.243 e. The second-order valence-corrected chi connectivity index (χ2v) is 7.85. The highest BCUT2D eigenvalue weighted by atomic mass is 35.5. The monoisotopic (exact) mass is 396 g/mol. The summed E-state index contributed by atoms with van der Waals surface area (Å²) < 4.78 is 29.2. The van der Waals surface area contributed by atoms with E-state index in [-0.39, 0.29) is 21.5 Å². The van der Waals surface area contributed by atoms with Gasteiger partial charge in [0.25, 0.3) is 0 Å². The normalized spacial score (nSPS) is 11.6. The van der Waals surface area contributed by atoms with Crippen LogP contribution in [0.3, 0.4) is 0 Å². The highest BCUT2D eigenvalue weighted by molar-refractivity contribution is 7.89. The SMILES string of the molecule is Cn1cc(-c2cc(CNS(=O)(=O)c3c(Cl)cccc3Cl)ccn2)cn1. The quantitative estimate of drug-likeness (QED) is 0.717. The van der Waals surface area contributed by atoms with E-state index >= 15 is 0 Å². The fraction of sp³-hybridized carbons (Fsp3) is 0.125. The molecule has 0 saturated carbocycles. The zero-order chi connectivity index (χ0) is 18.0. The van der Waals surface area contributed by atoms with Crippen LogP contribution in [-0.2, 0) is 23.6 Å². The van der Waals surface area contributed by atoms with Gasteiger partial charge in [0.1, 0.15) is 4.90 Å². The molecule has 1 aromatic carbocycles. The summed E-state index contributed by atoms with van der Waals surface area (Å²) in [4.78, 5) is 4.16. The highest BCUT2D eigenvalue weighted by Gasteiger charge is 2.21. The number of sulfonamides is 1. The van der Waals surface area contributed by atoms with Gasteiger partial charge in [-0.25, -0.2) is 13.1 Å². The minimum atomic E-state index is -3.84. The molecule has 0 unspecified atom stereocenters. The van der Waals surface area contributed by atoms with E-state index in [0.717, 1.165) is 11.1 Å². The number of aromatic nitrogens is 3. The van der Waals surface area contributed by atoms with Crippen molar-refractivity contribution in [3.05, 3.63) is 64.5 Å². The number of nitrogens with zero attached hydrogens (tertiary/aromatic N) is 3. The van der Waals surface area contributed by atoms with Gasteiger partial charge in [-0.3, -0.25) is 9.67 Å². The maximum Gasteiger partial charge on any atom is 0.243 e.